The number of benzene rings is 1. The van der Waals surface area contributed by atoms with E-state index in [1.54, 1.807) is 0 Å². The van der Waals surface area contributed by atoms with E-state index in [4.69, 9.17) is 0 Å². The average Bonchev–Trinajstić information content (AvgIpc) is 2.55. The summed E-state index contributed by atoms with van der Waals surface area (Å²) in [6.45, 7) is 10.9. The van der Waals surface area contributed by atoms with Gasteiger partial charge in [0.05, 0.1) is 0 Å². The second kappa shape index (κ2) is 12.6. The minimum Gasteiger partial charge on any atom is -0.0654 e. The molecule has 0 nitrogen and oxygen atoms in total. The van der Waals surface area contributed by atoms with Gasteiger partial charge in [-0.2, -0.15) is 0 Å². The van der Waals surface area contributed by atoms with Gasteiger partial charge < -0.3 is 0 Å². The molecular formula is C23H39. The molecule has 0 aromatic heterocycles. The minimum atomic E-state index is 1.21. The molecule has 0 unspecified atom stereocenters. The van der Waals surface area contributed by atoms with E-state index in [1.165, 1.54) is 106 Å². The van der Waals surface area contributed by atoms with Gasteiger partial charge in [-0.15, -0.1) is 0 Å². The van der Waals surface area contributed by atoms with Gasteiger partial charge in [-0.05, 0) is 55.9 Å². The monoisotopic (exact) mass is 315 g/mol. The van der Waals surface area contributed by atoms with E-state index in [9.17, 15) is 0 Å². The summed E-state index contributed by atoms with van der Waals surface area (Å²) in [6.07, 6.45) is 18.2. The molecule has 1 rings (SSSR count). The van der Waals surface area contributed by atoms with Crippen LogP contribution >= 0.6 is 0 Å². The quantitative estimate of drug-likeness (QED) is 0.327. The summed E-state index contributed by atoms with van der Waals surface area (Å²) in [5.41, 5.74) is 5.60. The first kappa shape index (κ1) is 20.3. The summed E-state index contributed by atoms with van der Waals surface area (Å²) in [5.74, 6) is 0. The van der Waals surface area contributed by atoms with Crippen LogP contribution in [-0.4, -0.2) is 0 Å². The molecule has 0 aliphatic heterocycles. The molecule has 0 aliphatic carbocycles. The highest BCUT2D eigenvalue weighted by atomic mass is 14.1. The van der Waals surface area contributed by atoms with Crippen molar-refractivity contribution in [3.05, 3.63) is 41.3 Å². The molecule has 0 amide bonds. The minimum absolute atomic E-state index is 1.21. The van der Waals surface area contributed by atoms with Gasteiger partial charge in [0.15, 0.2) is 0 Å². The summed E-state index contributed by atoms with van der Waals surface area (Å²) >= 11 is 0. The highest BCUT2D eigenvalue weighted by molar-refractivity contribution is 5.41. The molecule has 0 N–H and O–H groups in total. The van der Waals surface area contributed by atoms with Crippen molar-refractivity contribution in [2.75, 3.05) is 0 Å². The van der Waals surface area contributed by atoms with Crippen molar-refractivity contribution in [3.8, 4) is 0 Å². The molecular weight excluding hydrogens is 276 g/mol. The van der Waals surface area contributed by atoms with E-state index in [1.807, 2.05) is 0 Å². The van der Waals surface area contributed by atoms with E-state index in [-0.39, 0.29) is 0 Å². The maximum atomic E-state index is 4.20. The Morgan fingerprint density at radius 1 is 0.696 bits per heavy atom. The summed E-state index contributed by atoms with van der Waals surface area (Å²) in [4.78, 5) is 0. The molecule has 0 saturated heterocycles. The molecule has 0 atom stereocenters. The lowest BCUT2D eigenvalue weighted by molar-refractivity contribution is 0.544. The van der Waals surface area contributed by atoms with E-state index in [0.717, 1.165) is 0 Å². The van der Waals surface area contributed by atoms with E-state index in [2.05, 4.69) is 39.8 Å². The molecule has 0 heterocycles. The molecule has 0 aliphatic rings. The van der Waals surface area contributed by atoms with Gasteiger partial charge in [0, 0.05) is 0 Å². The smallest absolute Gasteiger partial charge is 0.0235 e. The first-order valence-corrected chi connectivity index (χ1v) is 10.1. The zero-order valence-electron chi connectivity index (χ0n) is 16.1. The standard InChI is InChI=1S/C23H39/c1-5-6-7-8-9-10-11-12-13-14-15-16-17-23-21(3)19-18-20(2)22(23)4/h18-19H,3,5-17H2,1-2,4H3. The summed E-state index contributed by atoms with van der Waals surface area (Å²) in [5, 5.41) is 0. The number of unbranched alkanes of at least 4 members (excludes halogenated alkanes) is 11. The third kappa shape index (κ3) is 8.58. The molecule has 1 radical (unpaired) electrons. The molecule has 0 spiro atoms. The van der Waals surface area contributed by atoms with Gasteiger partial charge in [-0.1, -0.05) is 89.7 Å². The lowest BCUT2D eigenvalue weighted by Gasteiger charge is -2.12. The van der Waals surface area contributed by atoms with Crippen LogP contribution in [-0.2, 0) is 6.42 Å². The first-order chi connectivity index (χ1) is 11.2. The number of hydrogen-bond acceptors (Lipinski definition) is 0. The van der Waals surface area contributed by atoms with Crippen molar-refractivity contribution in [1.82, 2.24) is 0 Å². The van der Waals surface area contributed by atoms with Crippen molar-refractivity contribution in [1.29, 1.82) is 0 Å². The van der Waals surface area contributed by atoms with Gasteiger partial charge in [-0.3, -0.25) is 0 Å². The zero-order chi connectivity index (χ0) is 16.9. The lowest BCUT2D eigenvalue weighted by atomic mass is 9.94. The molecule has 23 heavy (non-hydrogen) atoms. The van der Waals surface area contributed by atoms with Gasteiger partial charge in [-0.25, -0.2) is 0 Å². The predicted octanol–water partition coefficient (Wildman–Crippen LogP) is 7.73. The highest BCUT2D eigenvalue weighted by Crippen LogP contribution is 2.20. The molecule has 1 aromatic carbocycles. The van der Waals surface area contributed by atoms with Crippen LogP contribution in [0.3, 0.4) is 0 Å². The average molecular weight is 316 g/mol. The fourth-order valence-corrected chi connectivity index (χ4v) is 3.42. The number of hydrogen-bond donors (Lipinski definition) is 0. The Balaban J connectivity index is 1.99. The number of rotatable bonds is 13. The third-order valence-electron chi connectivity index (χ3n) is 5.25. The highest BCUT2D eigenvalue weighted by Gasteiger charge is 2.04. The van der Waals surface area contributed by atoms with E-state index in [0.29, 0.717) is 0 Å². The van der Waals surface area contributed by atoms with Gasteiger partial charge in [0.2, 0.25) is 0 Å². The van der Waals surface area contributed by atoms with Crippen molar-refractivity contribution in [2.24, 2.45) is 0 Å². The van der Waals surface area contributed by atoms with Crippen LogP contribution in [0.1, 0.15) is 106 Å². The molecule has 0 heteroatoms. The van der Waals surface area contributed by atoms with Crippen LogP contribution in [0.25, 0.3) is 0 Å². The Labute approximate surface area is 146 Å². The van der Waals surface area contributed by atoms with E-state index >= 15 is 0 Å². The Morgan fingerprint density at radius 3 is 1.70 bits per heavy atom. The summed E-state index contributed by atoms with van der Waals surface area (Å²) in [7, 11) is 0. The van der Waals surface area contributed by atoms with E-state index < -0.39 is 0 Å². The van der Waals surface area contributed by atoms with Crippen LogP contribution < -0.4 is 0 Å². The van der Waals surface area contributed by atoms with Crippen molar-refractivity contribution < 1.29 is 0 Å². The van der Waals surface area contributed by atoms with Crippen LogP contribution in [0.4, 0.5) is 0 Å². The van der Waals surface area contributed by atoms with Crippen molar-refractivity contribution >= 4 is 0 Å². The predicted molar refractivity (Wildman–Crippen MR) is 105 cm³/mol. The second-order valence-electron chi connectivity index (χ2n) is 7.28. The van der Waals surface area contributed by atoms with Crippen molar-refractivity contribution in [3.63, 3.8) is 0 Å². The Bertz CT molecular complexity index is 416. The molecule has 0 saturated carbocycles. The van der Waals surface area contributed by atoms with Crippen LogP contribution in [0.5, 0.6) is 0 Å². The maximum Gasteiger partial charge on any atom is -0.0235 e. The Morgan fingerprint density at radius 2 is 1.17 bits per heavy atom. The fourth-order valence-electron chi connectivity index (χ4n) is 3.42. The third-order valence-corrected chi connectivity index (χ3v) is 5.25. The lowest BCUT2D eigenvalue weighted by Crippen LogP contribution is -1.96. The Kier molecular flexibility index (Phi) is 11.1. The Hall–Kier alpha value is -0.780. The van der Waals surface area contributed by atoms with Crippen LogP contribution in [0.15, 0.2) is 12.1 Å². The summed E-state index contributed by atoms with van der Waals surface area (Å²) < 4.78 is 0. The van der Waals surface area contributed by atoms with Gasteiger partial charge in [0.1, 0.15) is 0 Å². The number of aryl methyl sites for hydroxylation is 1. The maximum absolute atomic E-state index is 4.20. The van der Waals surface area contributed by atoms with Gasteiger partial charge >= 0.3 is 0 Å². The van der Waals surface area contributed by atoms with Gasteiger partial charge in [0.25, 0.3) is 0 Å². The van der Waals surface area contributed by atoms with Crippen molar-refractivity contribution in [2.45, 2.75) is 104 Å². The topological polar surface area (TPSA) is 0 Å². The fraction of sp³-hybridized carbons (Fsp3) is 0.696. The molecule has 0 fully saturated rings. The largest absolute Gasteiger partial charge is 0.0654 e. The first-order valence-electron chi connectivity index (χ1n) is 10.1. The van der Waals surface area contributed by atoms with Crippen LogP contribution in [0, 0.1) is 20.8 Å². The SMILES string of the molecule is [CH2]c1ccc(C)c(C)c1CCCCCCCCCCCCCC. The zero-order valence-corrected chi connectivity index (χ0v) is 16.1. The molecule has 131 valence electrons. The normalized spacial score (nSPS) is 11.1. The summed E-state index contributed by atoms with van der Waals surface area (Å²) in [6, 6.07) is 4.38. The molecule has 1 aromatic rings. The second-order valence-corrected chi connectivity index (χ2v) is 7.28. The van der Waals surface area contributed by atoms with Crippen LogP contribution in [0.2, 0.25) is 0 Å². The molecule has 0 bridgehead atoms.